The number of carbonyl (C=O) groups excluding carboxylic acids is 1. The Hall–Kier alpha value is -1.87. The van der Waals surface area contributed by atoms with Gasteiger partial charge >= 0.3 is 0 Å². The lowest BCUT2D eigenvalue weighted by Crippen LogP contribution is -2.21. The van der Waals surface area contributed by atoms with Crippen molar-refractivity contribution >= 4 is 27.5 Å². The molecule has 1 amide bonds. The van der Waals surface area contributed by atoms with Gasteiger partial charge in [0.15, 0.2) is 0 Å². The number of rotatable bonds is 3. The summed E-state index contributed by atoms with van der Waals surface area (Å²) in [6.07, 6.45) is 0. The molecule has 3 heteroatoms. The number of halogens is 1. The van der Waals surface area contributed by atoms with Crippen molar-refractivity contribution in [2.45, 2.75) is 0 Å². The van der Waals surface area contributed by atoms with E-state index in [-0.39, 0.29) is 5.91 Å². The standard InChI is InChI=1S/C15H12BrNO/c1-11(13-9-5-6-10-14(13)16)17-15(18)12-7-3-2-4-8-12/h2-10H,1H2,(H,17,18). The molecule has 0 aliphatic carbocycles. The summed E-state index contributed by atoms with van der Waals surface area (Å²) >= 11 is 3.43. The average Bonchev–Trinajstić information content (AvgIpc) is 2.40. The van der Waals surface area contributed by atoms with Gasteiger partial charge < -0.3 is 5.32 Å². The van der Waals surface area contributed by atoms with Crippen LogP contribution in [0, 0.1) is 0 Å². The molecule has 18 heavy (non-hydrogen) atoms. The van der Waals surface area contributed by atoms with Crippen LogP contribution in [0.3, 0.4) is 0 Å². The summed E-state index contributed by atoms with van der Waals surface area (Å²) < 4.78 is 0.906. The van der Waals surface area contributed by atoms with Crippen LogP contribution in [-0.4, -0.2) is 5.91 Å². The second-order valence-electron chi connectivity index (χ2n) is 3.78. The van der Waals surface area contributed by atoms with Crippen LogP contribution in [-0.2, 0) is 0 Å². The third kappa shape index (κ3) is 2.87. The molecule has 90 valence electrons. The number of hydrogen-bond donors (Lipinski definition) is 1. The van der Waals surface area contributed by atoms with Crippen LogP contribution in [0.15, 0.2) is 65.6 Å². The van der Waals surface area contributed by atoms with E-state index in [0.717, 1.165) is 10.0 Å². The molecule has 0 aromatic heterocycles. The van der Waals surface area contributed by atoms with Gasteiger partial charge in [0.1, 0.15) is 0 Å². The fraction of sp³-hybridized carbons (Fsp3) is 0. The molecule has 2 rings (SSSR count). The Morgan fingerprint density at radius 3 is 2.28 bits per heavy atom. The summed E-state index contributed by atoms with van der Waals surface area (Å²) in [5.41, 5.74) is 2.07. The third-order valence-corrected chi connectivity index (χ3v) is 3.19. The number of carbonyl (C=O) groups is 1. The minimum atomic E-state index is -0.156. The molecule has 0 radical (unpaired) electrons. The predicted molar refractivity (Wildman–Crippen MR) is 77.1 cm³/mol. The monoisotopic (exact) mass is 301 g/mol. The molecule has 0 aliphatic rings. The van der Waals surface area contributed by atoms with E-state index in [0.29, 0.717) is 11.3 Å². The van der Waals surface area contributed by atoms with Crippen molar-refractivity contribution in [1.82, 2.24) is 5.32 Å². The van der Waals surface area contributed by atoms with E-state index < -0.39 is 0 Å². The number of benzene rings is 2. The molecule has 0 aliphatic heterocycles. The van der Waals surface area contributed by atoms with Gasteiger partial charge in [0.25, 0.3) is 5.91 Å². The maximum Gasteiger partial charge on any atom is 0.255 e. The molecular weight excluding hydrogens is 290 g/mol. The van der Waals surface area contributed by atoms with Gasteiger partial charge in [0.05, 0.1) is 0 Å². The van der Waals surface area contributed by atoms with Crippen molar-refractivity contribution in [3.63, 3.8) is 0 Å². The second kappa shape index (κ2) is 5.65. The van der Waals surface area contributed by atoms with Crippen molar-refractivity contribution in [2.24, 2.45) is 0 Å². The number of nitrogens with one attached hydrogen (secondary N) is 1. The van der Waals surface area contributed by atoms with Crippen LogP contribution in [0.4, 0.5) is 0 Å². The van der Waals surface area contributed by atoms with Crippen molar-refractivity contribution in [3.8, 4) is 0 Å². The Morgan fingerprint density at radius 1 is 1.00 bits per heavy atom. The van der Waals surface area contributed by atoms with Gasteiger partial charge in [-0.25, -0.2) is 0 Å². The predicted octanol–water partition coefficient (Wildman–Crippen LogP) is 3.85. The zero-order valence-electron chi connectivity index (χ0n) is 9.69. The second-order valence-corrected chi connectivity index (χ2v) is 4.63. The van der Waals surface area contributed by atoms with Gasteiger partial charge in [-0.15, -0.1) is 0 Å². The van der Waals surface area contributed by atoms with E-state index in [4.69, 9.17) is 0 Å². The van der Waals surface area contributed by atoms with Crippen LogP contribution in [0.2, 0.25) is 0 Å². The lowest BCUT2D eigenvalue weighted by Gasteiger charge is -2.10. The first-order chi connectivity index (χ1) is 8.68. The maximum absolute atomic E-state index is 12.0. The highest BCUT2D eigenvalue weighted by Crippen LogP contribution is 2.21. The zero-order chi connectivity index (χ0) is 13.0. The molecule has 2 aromatic rings. The van der Waals surface area contributed by atoms with Crippen LogP contribution in [0.1, 0.15) is 15.9 Å². The van der Waals surface area contributed by atoms with Crippen LogP contribution in [0.5, 0.6) is 0 Å². The first kappa shape index (κ1) is 12.6. The largest absolute Gasteiger partial charge is 0.322 e. The zero-order valence-corrected chi connectivity index (χ0v) is 11.3. The summed E-state index contributed by atoms with van der Waals surface area (Å²) in [7, 11) is 0. The Morgan fingerprint density at radius 2 is 1.61 bits per heavy atom. The highest BCUT2D eigenvalue weighted by atomic mass is 79.9. The molecule has 0 saturated carbocycles. The SMILES string of the molecule is C=C(NC(=O)c1ccccc1)c1ccccc1Br. The summed E-state index contributed by atoms with van der Waals surface area (Å²) in [5.74, 6) is -0.156. The maximum atomic E-state index is 12.0. The summed E-state index contributed by atoms with van der Waals surface area (Å²) in [5, 5.41) is 2.79. The van der Waals surface area contributed by atoms with Crippen LogP contribution in [0.25, 0.3) is 5.70 Å². The van der Waals surface area contributed by atoms with Crippen LogP contribution >= 0.6 is 15.9 Å². The molecule has 0 fully saturated rings. The van der Waals surface area contributed by atoms with Crippen molar-refractivity contribution in [1.29, 1.82) is 0 Å². The number of hydrogen-bond acceptors (Lipinski definition) is 1. The van der Waals surface area contributed by atoms with Gasteiger partial charge in [0, 0.05) is 21.3 Å². The third-order valence-electron chi connectivity index (χ3n) is 2.50. The minimum absolute atomic E-state index is 0.156. The topological polar surface area (TPSA) is 29.1 Å². The molecule has 0 spiro atoms. The molecule has 0 atom stereocenters. The highest BCUT2D eigenvalue weighted by Gasteiger charge is 2.08. The van der Waals surface area contributed by atoms with E-state index in [9.17, 15) is 4.79 Å². The molecule has 2 aromatic carbocycles. The Bertz CT molecular complexity index is 578. The van der Waals surface area contributed by atoms with E-state index >= 15 is 0 Å². The Kier molecular flexibility index (Phi) is 3.95. The quantitative estimate of drug-likeness (QED) is 0.916. The Balaban J connectivity index is 2.14. The van der Waals surface area contributed by atoms with E-state index in [1.807, 2.05) is 42.5 Å². The molecule has 0 unspecified atom stereocenters. The first-order valence-electron chi connectivity index (χ1n) is 5.48. The van der Waals surface area contributed by atoms with E-state index in [1.165, 1.54) is 0 Å². The Labute approximate surface area is 114 Å². The first-order valence-corrected chi connectivity index (χ1v) is 6.28. The van der Waals surface area contributed by atoms with Gasteiger partial charge in [-0.1, -0.05) is 58.9 Å². The fourth-order valence-electron chi connectivity index (χ4n) is 1.57. The van der Waals surface area contributed by atoms with Gasteiger partial charge in [0.2, 0.25) is 0 Å². The summed E-state index contributed by atoms with van der Waals surface area (Å²) in [6.45, 7) is 3.89. The van der Waals surface area contributed by atoms with Gasteiger partial charge in [-0.2, -0.15) is 0 Å². The summed E-state index contributed by atoms with van der Waals surface area (Å²) in [4.78, 5) is 12.0. The van der Waals surface area contributed by atoms with Crippen molar-refractivity contribution < 1.29 is 4.79 Å². The van der Waals surface area contributed by atoms with E-state index in [2.05, 4.69) is 27.8 Å². The lowest BCUT2D eigenvalue weighted by molar-refractivity contribution is 0.0974. The van der Waals surface area contributed by atoms with Gasteiger partial charge in [-0.3, -0.25) is 4.79 Å². The molecule has 2 nitrogen and oxygen atoms in total. The normalized spacial score (nSPS) is 9.83. The van der Waals surface area contributed by atoms with Crippen LogP contribution < -0.4 is 5.32 Å². The molecule has 1 N–H and O–H groups in total. The van der Waals surface area contributed by atoms with Crippen molar-refractivity contribution in [3.05, 3.63) is 76.8 Å². The molecular formula is C15H12BrNO. The highest BCUT2D eigenvalue weighted by molar-refractivity contribution is 9.10. The van der Waals surface area contributed by atoms with Gasteiger partial charge in [-0.05, 0) is 18.2 Å². The fourth-order valence-corrected chi connectivity index (χ4v) is 2.10. The average molecular weight is 302 g/mol. The van der Waals surface area contributed by atoms with E-state index in [1.54, 1.807) is 12.1 Å². The molecule has 0 heterocycles. The van der Waals surface area contributed by atoms with Crippen molar-refractivity contribution in [2.75, 3.05) is 0 Å². The molecule has 0 saturated heterocycles. The lowest BCUT2D eigenvalue weighted by atomic mass is 10.1. The summed E-state index contributed by atoms with van der Waals surface area (Å²) in [6, 6.07) is 16.7. The number of amides is 1. The molecule has 0 bridgehead atoms. The smallest absolute Gasteiger partial charge is 0.255 e. The minimum Gasteiger partial charge on any atom is -0.322 e.